The average molecular weight is 140 g/mol. The fourth-order valence-electron chi connectivity index (χ4n) is 0.908. The summed E-state index contributed by atoms with van der Waals surface area (Å²) >= 11 is 0. The molecule has 0 saturated carbocycles. The van der Waals surface area contributed by atoms with Crippen LogP contribution in [0.15, 0.2) is 18.3 Å². The molecule has 0 radical (unpaired) electrons. The zero-order valence-electron chi connectivity index (χ0n) is 6.22. The summed E-state index contributed by atoms with van der Waals surface area (Å²) in [5.74, 6) is 0. The molecule has 0 aliphatic rings. The van der Waals surface area contributed by atoms with Crippen molar-refractivity contribution >= 4 is 0 Å². The maximum atomic E-state index is 5.10. The van der Waals surface area contributed by atoms with Crippen LogP contribution in [0.4, 0.5) is 0 Å². The van der Waals surface area contributed by atoms with E-state index in [4.69, 9.17) is 4.74 Å². The van der Waals surface area contributed by atoms with Gasteiger partial charge in [0, 0.05) is 13.3 Å². The first-order chi connectivity index (χ1) is 4.88. The number of aromatic amines is 1. The molecule has 0 saturated heterocycles. The summed E-state index contributed by atoms with van der Waals surface area (Å²) in [4.78, 5) is 3.05. The highest BCUT2D eigenvalue weighted by molar-refractivity contribution is 5.06. The van der Waals surface area contributed by atoms with Gasteiger partial charge < -0.3 is 9.72 Å². The Morgan fingerprint density at radius 1 is 1.70 bits per heavy atom. The van der Waals surface area contributed by atoms with Gasteiger partial charge in [0.2, 0.25) is 0 Å². The Morgan fingerprint density at radius 2 is 2.50 bits per heavy atom. The molecule has 0 bridgehead atoms. The molecule has 0 aliphatic carbocycles. The molecule has 1 atom stereocenters. The van der Waals surface area contributed by atoms with Crippen LogP contribution in [-0.4, -0.2) is 19.1 Å². The number of hydrogen-bond donors (Lipinski definition) is 2. The summed E-state index contributed by atoms with van der Waals surface area (Å²) in [6.45, 7) is 0. The van der Waals surface area contributed by atoms with Crippen molar-refractivity contribution in [1.29, 1.82) is 0 Å². The first-order valence-electron chi connectivity index (χ1n) is 3.22. The van der Waals surface area contributed by atoms with Crippen molar-refractivity contribution in [2.24, 2.45) is 0 Å². The topological polar surface area (TPSA) is 37.0 Å². The van der Waals surface area contributed by atoms with Gasteiger partial charge >= 0.3 is 0 Å². The van der Waals surface area contributed by atoms with Crippen LogP contribution in [0.3, 0.4) is 0 Å². The molecule has 0 aromatic carbocycles. The summed E-state index contributed by atoms with van der Waals surface area (Å²) < 4.78 is 5.10. The number of hydrogen-bond acceptors (Lipinski definition) is 2. The number of ether oxygens (including phenoxy) is 1. The molecule has 1 heterocycles. The molecule has 1 aromatic heterocycles. The van der Waals surface area contributed by atoms with Gasteiger partial charge in [-0.1, -0.05) is 0 Å². The van der Waals surface area contributed by atoms with E-state index in [0.29, 0.717) is 0 Å². The zero-order valence-corrected chi connectivity index (χ0v) is 6.22. The van der Waals surface area contributed by atoms with Crippen LogP contribution >= 0.6 is 0 Å². The Bertz CT molecular complexity index is 168. The van der Waals surface area contributed by atoms with Gasteiger partial charge in [0.05, 0.1) is 5.69 Å². The van der Waals surface area contributed by atoms with Crippen LogP contribution in [0, 0.1) is 0 Å². The van der Waals surface area contributed by atoms with Gasteiger partial charge in [-0.2, -0.15) is 0 Å². The van der Waals surface area contributed by atoms with Crippen LogP contribution in [0.5, 0.6) is 0 Å². The van der Waals surface area contributed by atoms with E-state index in [0.717, 1.165) is 5.69 Å². The molecule has 0 fully saturated rings. The number of methoxy groups -OCH3 is 1. The van der Waals surface area contributed by atoms with Crippen LogP contribution in [0.1, 0.15) is 11.9 Å². The highest BCUT2D eigenvalue weighted by Gasteiger charge is 2.05. The molecule has 1 unspecified atom stereocenters. The van der Waals surface area contributed by atoms with Gasteiger partial charge in [0.1, 0.15) is 6.23 Å². The second-order valence-electron chi connectivity index (χ2n) is 2.03. The summed E-state index contributed by atoms with van der Waals surface area (Å²) in [6, 6.07) is 3.92. The lowest BCUT2D eigenvalue weighted by atomic mass is 10.4. The molecule has 0 amide bonds. The molecule has 0 spiro atoms. The third kappa shape index (κ3) is 1.37. The Morgan fingerprint density at radius 3 is 2.90 bits per heavy atom. The lowest BCUT2D eigenvalue weighted by molar-refractivity contribution is 0.0778. The monoisotopic (exact) mass is 140 g/mol. The Hall–Kier alpha value is -0.800. The van der Waals surface area contributed by atoms with Crippen molar-refractivity contribution in [2.45, 2.75) is 6.23 Å². The fraction of sp³-hybridized carbons (Fsp3) is 0.429. The van der Waals surface area contributed by atoms with Crippen LogP contribution in [0.2, 0.25) is 0 Å². The second-order valence-corrected chi connectivity index (χ2v) is 2.03. The van der Waals surface area contributed by atoms with Gasteiger partial charge in [-0.15, -0.1) is 0 Å². The molecule has 0 aliphatic heterocycles. The minimum Gasteiger partial charge on any atom is -0.362 e. The number of H-pyrrole nitrogens is 1. The second kappa shape index (κ2) is 3.39. The molecule has 1 rings (SSSR count). The van der Waals surface area contributed by atoms with Gasteiger partial charge in [0.25, 0.3) is 0 Å². The molecular formula is C7H12N2O. The SMILES string of the molecule is CNC(OC)c1ccc[nH]1. The molecule has 2 N–H and O–H groups in total. The van der Waals surface area contributed by atoms with Crippen molar-refractivity contribution in [2.75, 3.05) is 14.2 Å². The predicted octanol–water partition coefficient (Wildman–Crippen LogP) is 0.879. The van der Waals surface area contributed by atoms with Crippen molar-refractivity contribution in [3.63, 3.8) is 0 Å². The first kappa shape index (κ1) is 7.31. The molecule has 56 valence electrons. The predicted molar refractivity (Wildman–Crippen MR) is 39.6 cm³/mol. The lowest BCUT2D eigenvalue weighted by Gasteiger charge is -2.11. The van der Waals surface area contributed by atoms with Gasteiger partial charge in [-0.3, -0.25) is 5.32 Å². The smallest absolute Gasteiger partial charge is 0.148 e. The van der Waals surface area contributed by atoms with Gasteiger partial charge in [-0.25, -0.2) is 0 Å². The van der Waals surface area contributed by atoms with Crippen LogP contribution in [0.25, 0.3) is 0 Å². The summed E-state index contributed by atoms with van der Waals surface area (Å²) in [7, 11) is 3.52. The minimum atomic E-state index is -0.0185. The van der Waals surface area contributed by atoms with E-state index < -0.39 is 0 Å². The van der Waals surface area contributed by atoms with Crippen molar-refractivity contribution in [1.82, 2.24) is 10.3 Å². The van der Waals surface area contributed by atoms with Crippen molar-refractivity contribution in [3.8, 4) is 0 Å². The highest BCUT2D eigenvalue weighted by Crippen LogP contribution is 2.08. The standard InChI is InChI=1S/C7H12N2O/c1-8-7(10-2)6-4-3-5-9-6/h3-5,7-9H,1-2H3. The van der Waals surface area contributed by atoms with Crippen LogP contribution < -0.4 is 5.32 Å². The Balaban J connectivity index is 2.64. The van der Waals surface area contributed by atoms with E-state index in [1.165, 1.54) is 0 Å². The van der Waals surface area contributed by atoms with Crippen molar-refractivity contribution in [3.05, 3.63) is 24.0 Å². The largest absolute Gasteiger partial charge is 0.362 e. The Labute approximate surface area is 60.4 Å². The zero-order chi connectivity index (χ0) is 7.40. The Kier molecular flexibility index (Phi) is 2.48. The van der Waals surface area contributed by atoms with Crippen molar-refractivity contribution < 1.29 is 4.74 Å². The van der Waals surface area contributed by atoms with E-state index >= 15 is 0 Å². The lowest BCUT2D eigenvalue weighted by Crippen LogP contribution is -2.18. The molecule has 3 nitrogen and oxygen atoms in total. The normalized spacial score (nSPS) is 13.4. The summed E-state index contributed by atoms with van der Waals surface area (Å²) in [5, 5.41) is 3.00. The molecule has 10 heavy (non-hydrogen) atoms. The summed E-state index contributed by atoms with van der Waals surface area (Å²) in [5.41, 5.74) is 1.05. The van der Waals surface area contributed by atoms with E-state index in [1.54, 1.807) is 7.11 Å². The van der Waals surface area contributed by atoms with E-state index in [-0.39, 0.29) is 6.23 Å². The number of aromatic nitrogens is 1. The molecule has 1 aromatic rings. The number of rotatable bonds is 3. The highest BCUT2D eigenvalue weighted by atomic mass is 16.5. The quantitative estimate of drug-likeness (QED) is 0.611. The first-order valence-corrected chi connectivity index (χ1v) is 3.22. The summed E-state index contributed by atoms with van der Waals surface area (Å²) in [6.07, 6.45) is 1.86. The van der Waals surface area contributed by atoms with Gasteiger partial charge in [-0.05, 0) is 19.2 Å². The number of nitrogens with one attached hydrogen (secondary N) is 2. The third-order valence-electron chi connectivity index (χ3n) is 1.40. The van der Waals surface area contributed by atoms with E-state index in [1.807, 2.05) is 25.4 Å². The fourth-order valence-corrected chi connectivity index (χ4v) is 0.908. The maximum absolute atomic E-state index is 5.10. The third-order valence-corrected chi connectivity index (χ3v) is 1.40. The average Bonchev–Trinajstić information content (AvgIpc) is 2.43. The van der Waals surface area contributed by atoms with Gasteiger partial charge in [0.15, 0.2) is 0 Å². The van der Waals surface area contributed by atoms with E-state index in [2.05, 4.69) is 10.3 Å². The maximum Gasteiger partial charge on any atom is 0.148 e. The minimum absolute atomic E-state index is 0.0185. The molecule has 3 heteroatoms. The van der Waals surface area contributed by atoms with Crippen LogP contribution in [-0.2, 0) is 4.74 Å². The molecular weight excluding hydrogens is 128 g/mol. The van der Waals surface area contributed by atoms with E-state index in [9.17, 15) is 0 Å².